The maximum absolute atomic E-state index is 6.92. The van der Waals surface area contributed by atoms with Crippen LogP contribution < -0.4 is 0 Å². The summed E-state index contributed by atoms with van der Waals surface area (Å²) in [5.41, 5.74) is 0. The van der Waals surface area contributed by atoms with Crippen molar-refractivity contribution in [1.29, 1.82) is 0 Å². The van der Waals surface area contributed by atoms with Crippen LogP contribution >= 0.6 is 0 Å². The lowest BCUT2D eigenvalue weighted by atomic mass is 9.90. The molecular formula is C29H60O5Si2. The van der Waals surface area contributed by atoms with Crippen LogP contribution in [0, 0.1) is 5.92 Å². The van der Waals surface area contributed by atoms with Gasteiger partial charge in [-0.3, -0.25) is 0 Å². The number of hydrogen-bond donors (Lipinski definition) is 0. The normalized spacial score (nSPS) is 28.3. The molecule has 0 N–H and O–H groups in total. The monoisotopic (exact) mass is 544 g/mol. The van der Waals surface area contributed by atoms with Crippen LogP contribution in [-0.2, 0) is 23.1 Å². The van der Waals surface area contributed by atoms with Crippen molar-refractivity contribution in [3.05, 3.63) is 0 Å². The average Bonchev–Trinajstić information content (AvgIpc) is 3.24. The van der Waals surface area contributed by atoms with Gasteiger partial charge in [0.2, 0.25) is 0 Å². The van der Waals surface area contributed by atoms with Gasteiger partial charge in [0.15, 0.2) is 22.4 Å². The van der Waals surface area contributed by atoms with E-state index >= 15 is 0 Å². The molecule has 0 aromatic heterocycles. The third kappa shape index (κ3) is 8.89. The molecule has 0 spiro atoms. The first-order chi connectivity index (χ1) is 16.4. The van der Waals surface area contributed by atoms with Crippen LogP contribution in [0.2, 0.25) is 36.3 Å². The smallest absolute Gasteiger partial charge is 0.192 e. The molecular weight excluding hydrogens is 484 g/mol. The van der Waals surface area contributed by atoms with Crippen LogP contribution in [0.1, 0.15) is 99.8 Å². The van der Waals surface area contributed by atoms with E-state index in [0.717, 1.165) is 51.6 Å². The van der Waals surface area contributed by atoms with Gasteiger partial charge in [0.25, 0.3) is 0 Å². The van der Waals surface area contributed by atoms with Gasteiger partial charge in [-0.2, -0.15) is 0 Å². The van der Waals surface area contributed by atoms with Gasteiger partial charge < -0.3 is 23.1 Å². The summed E-state index contributed by atoms with van der Waals surface area (Å²) in [4.78, 5) is 0. The fourth-order valence-electron chi connectivity index (χ4n) is 4.88. The van der Waals surface area contributed by atoms with Crippen molar-refractivity contribution in [2.24, 2.45) is 5.92 Å². The molecule has 0 saturated carbocycles. The highest BCUT2D eigenvalue weighted by Crippen LogP contribution is 2.41. The highest BCUT2D eigenvalue weighted by atomic mass is 28.4. The second-order valence-electron chi connectivity index (χ2n) is 14.6. The van der Waals surface area contributed by atoms with Crippen molar-refractivity contribution >= 4 is 16.6 Å². The Morgan fingerprint density at radius 3 is 2.11 bits per heavy atom. The molecule has 214 valence electrons. The lowest BCUT2D eigenvalue weighted by Crippen LogP contribution is -2.48. The van der Waals surface area contributed by atoms with Crippen molar-refractivity contribution in [3.63, 3.8) is 0 Å². The molecule has 0 amide bonds. The van der Waals surface area contributed by atoms with E-state index in [1.807, 2.05) is 0 Å². The van der Waals surface area contributed by atoms with Gasteiger partial charge in [-0.15, -0.1) is 0 Å². The molecule has 0 aliphatic carbocycles. The summed E-state index contributed by atoms with van der Waals surface area (Å²) in [5.74, 6) is 0.0108. The highest BCUT2D eigenvalue weighted by molar-refractivity contribution is 6.74. The largest absolute Gasteiger partial charge is 0.414 e. The van der Waals surface area contributed by atoms with E-state index in [0.29, 0.717) is 18.6 Å². The molecule has 0 radical (unpaired) electrons. The summed E-state index contributed by atoms with van der Waals surface area (Å²) in [6.45, 7) is 27.1. The van der Waals surface area contributed by atoms with Crippen LogP contribution in [0.15, 0.2) is 0 Å². The van der Waals surface area contributed by atoms with Crippen LogP contribution in [0.25, 0.3) is 0 Å². The van der Waals surface area contributed by atoms with Gasteiger partial charge in [-0.1, -0.05) is 48.5 Å². The van der Waals surface area contributed by atoms with Crippen molar-refractivity contribution in [3.8, 4) is 0 Å². The maximum atomic E-state index is 6.92. The number of ether oxygens (including phenoxy) is 3. The van der Waals surface area contributed by atoms with E-state index in [2.05, 4.69) is 74.7 Å². The summed E-state index contributed by atoms with van der Waals surface area (Å²) >= 11 is 0. The predicted molar refractivity (Wildman–Crippen MR) is 156 cm³/mol. The summed E-state index contributed by atoms with van der Waals surface area (Å²) in [6, 6.07) is 0. The molecule has 2 rings (SSSR count). The first-order valence-corrected chi connectivity index (χ1v) is 20.4. The predicted octanol–water partition coefficient (Wildman–Crippen LogP) is 8.30. The molecule has 0 aromatic carbocycles. The molecule has 7 heteroatoms. The molecule has 5 nitrogen and oxygen atoms in total. The second-order valence-corrected chi connectivity index (χ2v) is 24.2. The number of hydrogen-bond acceptors (Lipinski definition) is 5. The quantitative estimate of drug-likeness (QED) is 0.231. The lowest BCUT2D eigenvalue weighted by Gasteiger charge is -2.42. The van der Waals surface area contributed by atoms with E-state index in [1.54, 1.807) is 7.11 Å². The SMILES string of the molecule is CO[C@@]1(C[C@H](C)[C@H]2CCC(CC[C@H](CO[Si](C)(C)C(C)(C)C)O[Si](C)(C)C(C)(C)C)O2)CCCCO1. The van der Waals surface area contributed by atoms with E-state index in [1.165, 1.54) is 6.42 Å². The Kier molecular flexibility index (Phi) is 11.4. The zero-order valence-electron chi connectivity index (χ0n) is 25.9. The second kappa shape index (κ2) is 12.6. The van der Waals surface area contributed by atoms with Crippen LogP contribution in [0.3, 0.4) is 0 Å². The summed E-state index contributed by atoms with van der Waals surface area (Å²) < 4.78 is 32.2. The fraction of sp³-hybridized carbons (Fsp3) is 1.00. The topological polar surface area (TPSA) is 46.2 Å². The molecule has 2 aliphatic rings. The Hall–Kier alpha value is 0.234. The molecule has 36 heavy (non-hydrogen) atoms. The Bertz CT molecular complexity index is 662. The van der Waals surface area contributed by atoms with Gasteiger partial charge in [-0.05, 0) is 80.7 Å². The molecule has 5 atom stereocenters. The molecule has 2 saturated heterocycles. The third-order valence-corrected chi connectivity index (χ3v) is 18.6. The summed E-state index contributed by atoms with van der Waals surface area (Å²) in [7, 11) is -1.92. The zero-order chi connectivity index (χ0) is 27.4. The third-order valence-electron chi connectivity index (χ3n) is 9.61. The summed E-state index contributed by atoms with van der Waals surface area (Å²) in [5, 5.41) is 0.388. The minimum Gasteiger partial charge on any atom is -0.414 e. The minimum atomic E-state index is -1.89. The van der Waals surface area contributed by atoms with Crippen LogP contribution in [0.4, 0.5) is 0 Å². The van der Waals surface area contributed by atoms with Crippen LogP contribution in [-0.4, -0.2) is 61.1 Å². The first-order valence-electron chi connectivity index (χ1n) is 14.6. The average molecular weight is 545 g/mol. The molecule has 2 heterocycles. The lowest BCUT2D eigenvalue weighted by molar-refractivity contribution is -0.254. The standard InChI is InChI=1S/C29H60O5Si2/c1-23(21-29(30-8)19-13-14-20-31-29)26-18-17-24(33-26)15-16-25(34-36(11,12)28(5,6)7)22-32-35(9,10)27(2,3)4/h23-26H,13-22H2,1-12H3/t23-,24?,25+,26+,29-/m0/s1. The van der Waals surface area contributed by atoms with E-state index in [-0.39, 0.29) is 22.3 Å². The van der Waals surface area contributed by atoms with Crippen molar-refractivity contribution in [1.82, 2.24) is 0 Å². The Morgan fingerprint density at radius 2 is 1.58 bits per heavy atom. The van der Waals surface area contributed by atoms with Gasteiger partial charge in [0.05, 0.1) is 31.5 Å². The van der Waals surface area contributed by atoms with Crippen molar-refractivity contribution in [2.75, 3.05) is 20.3 Å². The van der Waals surface area contributed by atoms with Gasteiger partial charge in [0, 0.05) is 20.0 Å². The Morgan fingerprint density at radius 1 is 0.944 bits per heavy atom. The van der Waals surface area contributed by atoms with E-state index in [9.17, 15) is 0 Å². The first kappa shape index (κ1) is 32.4. The Balaban J connectivity index is 1.96. The highest BCUT2D eigenvalue weighted by Gasteiger charge is 2.42. The molecule has 1 unspecified atom stereocenters. The number of methoxy groups -OCH3 is 1. The van der Waals surface area contributed by atoms with Gasteiger partial charge in [0.1, 0.15) is 0 Å². The molecule has 2 aliphatic heterocycles. The van der Waals surface area contributed by atoms with Crippen LogP contribution in [0.5, 0.6) is 0 Å². The van der Waals surface area contributed by atoms with E-state index < -0.39 is 22.4 Å². The fourth-order valence-corrected chi connectivity index (χ4v) is 7.29. The van der Waals surface area contributed by atoms with Crippen molar-refractivity contribution in [2.45, 2.75) is 160 Å². The number of rotatable bonds is 12. The Labute approximate surface area is 226 Å². The molecule has 0 aromatic rings. The van der Waals surface area contributed by atoms with Crippen molar-refractivity contribution < 1.29 is 23.1 Å². The van der Waals surface area contributed by atoms with Gasteiger partial charge in [-0.25, -0.2) is 0 Å². The van der Waals surface area contributed by atoms with E-state index in [4.69, 9.17) is 23.1 Å². The molecule has 0 bridgehead atoms. The summed E-state index contributed by atoms with van der Waals surface area (Å²) in [6.07, 6.45) is 9.24. The zero-order valence-corrected chi connectivity index (χ0v) is 27.9. The minimum absolute atomic E-state index is 0.132. The maximum Gasteiger partial charge on any atom is 0.192 e. The molecule has 2 fully saturated rings. The van der Waals surface area contributed by atoms with Gasteiger partial charge >= 0.3 is 0 Å².